The molecule has 0 aromatic rings. The Balaban J connectivity index is 1.59. The Morgan fingerprint density at radius 1 is 1.07 bits per heavy atom. The van der Waals surface area contributed by atoms with Gasteiger partial charge in [0.1, 0.15) is 12.2 Å². The molecule has 4 heteroatoms. The molecule has 2 rings (SSSR count). The quantitative estimate of drug-likeness (QED) is 0.247. The van der Waals surface area contributed by atoms with Crippen molar-refractivity contribution in [1.29, 1.82) is 5.26 Å². The Morgan fingerprint density at radius 2 is 1.71 bits per heavy atom. The van der Waals surface area contributed by atoms with E-state index < -0.39 is 5.83 Å². The summed E-state index contributed by atoms with van der Waals surface area (Å²) in [5.41, 5.74) is 0. The lowest BCUT2D eigenvalue weighted by Crippen LogP contribution is -2.30. The number of carbonyl (C=O) groups excluding carboxylic acids is 1. The maximum atomic E-state index is 12.7. The van der Waals surface area contributed by atoms with Gasteiger partial charge in [-0.3, -0.25) is 4.79 Å². The third kappa shape index (κ3) is 8.17. The van der Waals surface area contributed by atoms with E-state index in [9.17, 15) is 9.18 Å². The van der Waals surface area contributed by atoms with E-state index in [1.807, 2.05) is 6.08 Å². The van der Waals surface area contributed by atoms with Gasteiger partial charge in [0, 0.05) is 0 Å². The molecule has 0 aromatic carbocycles. The molecule has 0 N–H and O–H groups in total. The first-order valence-electron chi connectivity index (χ1n) is 11.2. The Bertz CT molecular complexity index is 562. The van der Waals surface area contributed by atoms with Crippen molar-refractivity contribution in [3.05, 3.63) is 24.1 Å². The van der Waals surface area contributed by atoms with Crippen LogP contribution in [-0.2, 0) is 9.53 Å². The summed E-state index contributed by atoms with van der Waals surface area (Å²) in [4.78, 5) is 12.5. The van der Waals surface area contributed by atoms with Crippen LogP contribution in [0.2, 0.25) is 0 Å². The molecule has 0 spiro atoms. The predicted molar refractivity (Wildman–Crippen MR) is 110 cm³/mol. The van der Waals surface area contributed by atoms with Gasteiger partial charge in [-0.05, 0) is 82.1 Å². The highest BCUT2D eigenvalue weighted by Crippen LogP contribution is 2.34. The largest absolute Gasteiger partial charge is 0.462 e. The Labute approximate surface area is 170 Å². The standard InChI is InChI=1S/C24H36FNO2/c1-2-3-7-19-10-14-21(15-11-19)24(27)28-23-16-12-20(13-17-23)8-5-4-6-9-22(25)18-26/h4,6,9,19-21,23H,2-3,5,7-8,10-17H2,1H3/b6-4+,22-9?. The molecule has 3 nitrogen and oxygen atoms in total. The Morgan fingerprint density at radius 3 is 2.36 bits per heavy atom. The van der Waals surface area contributed by atoms with Crippen molar-refractivity contribution in [3.63, 3.8) is 0 Å². The number of halogens is 1. The van der Waals surface area contributed by atoms with Crippen LogP contribution in [0.5, 0.6) is 0 Å². The first-order chi connectivity index (χ1) is 13.6. The number of nitriles is 1. The van der Waals surface area contributed by atoms with E-state index in [-0.39, 0.29) is 18.0 Å². The normalized spacial score (nSPS) is 28.8. The first kappa shape index (κ1) is 22.7. The van der Waals surface area contributed by atoms with E-state index in [1.54, 1.807) is 6.08 Å². The number of allylic oxidation sites excluding steroid dienone is 4. The van der Waals surface area contributed by atoms with E-state index in [2.05, 4.69) is 6.92 Å². The van der Waals surface area contributed by atoms with Crippen molar-refractivity contribution < 1.29 is 13.9 Å². The Hall–Kier alpha value is -1.63. The third-order valence-electron chi connectivity index (χ3n) is 6.45. The molecule has 28 heavy (non-hydrogen) atoms. The van der Waals surface area contributed by atoms with E-state index in [0.29, 0.717) is 5.92 Å². The maximum Gasteiger partial charge on any atom is 0.309 e. The van der Waals surface area contributed by atoms with Crippen molar-refractivity contribution >= 4 is 5.97 Å². The van der Waals surface area contributed by atoms with E-state index >= 15 is 0 Å². The minimum Gasteiger partial charge on any atom is -0.462 e. The van der Waals surface area contributed by atoms with Gasteiger partial charge >= 0.3 is 5.97 Å². The molecule has 156 valence electrons. The first-order valence-corrected chi connectivity index (χ1v) is 11.2. The number of hydrogen-bond acceptors (Lipinski definition) is 3. The lowest BCUT2D eigenvalue weighted by Gasteiger charge is -2.31. The number of carbonyl (C=O) groups is 1. The fraction of sp³-hybridized carbons (Fsp3) is 0.750. The average Bonchev–Trinajstić information content (AvgIpc) is 2.73. The van der Waals surface area contributed by atoms with Crippen LogP contribution in [0.25, 0.3) is 0 Å². The topological polar surface area (TPSA) is 50.1 Å². The second kappa shape index (κ2) is 12.8. The zero-order valence-corrected chi connectivity index (χ0v) is 17.4. The van der Waals surface area contributed by atoms with Crippen LogP contribution in [0, 0.1) is 29.1 Å². The van der Waals surface area contributed by atoms with Crippen LogP contribution in [-0.4, -0.2) is 12.1 Å². The van der Waals surface area contributed by atoms with Gasteiger partial charge in [-0.1, -0.05) is 38.3 Å². The zero-order valence-electron chi connectivity index (χ0n) is 17.4. The molecule has 2 fully saturated rings. The molecule has 0 bridgehead atoms. The molecular formula is C24H36FNO2. The zero-order chi connectivity index (χ0) is 20.2. The molecular weight excluding hydrogens is 353 g/mol. The summed E-state index contributed by atoms with van der Waals surface area (Å²) in [6.07, 6.45) is 19.2. The van der Waals surface area contributed by atoms with Crippen LogP contribution in [0.1, 0.15) is 90.4 Å². The lowest BCUT2D eigenvalue weighted by atomic mass is 9.79. The molecule has 0 unspecified atom stereocenters. The van der Waals surface area contributed by atoms with Crippen molar-refractivity contribution in [3.8, 4) is 6.07 Å². The molecule has 0 aliphatic heterocycles. The van der Waals surface area contributed by atoms with Gasteiger partial charge in [-0.2, -0.15) is 9.65 Å². The van der Waals surface area contributed by atoms with Gasteiger partial charge in [-0.25, -0.2) is 0 Å². The molecule has 2 saturated carbocycles. The fourth-order valence-corrected chi connectivity index (χ4v) is 4.60. The molecule has 2 aliphatic rings. The summed E-state index contributed by atoms with van der Waals surface area (Å²) in [5.74, 6) is 0.890. The highest BCUT2D eigenvalue weighted by Gasteiger charge is 2.30. The average molecular weight is 390 g/mol. The van der Waals surface area contributed by atoms with Crippen LogP contribution >= 0.6 is 0 Å². The van der Waals surface area contributed by atoms with Crippen LogP contribution in [0.3, 0.4) is 0 Å². The van der Waals surface area contributed by atoms with E-state index in [1.165, 1.54) is 44.2 Å². The van der Waals surface area contributed by atoms with Gasteiger partial charge in [0.2, 0.25) is 0 Å². The third-order valence-corrected chi connectivity index (χ3v) is 6.45. The number of ether oxygens (including phenoxy) is 1. The van der Waals surface area contributed by atoms with Crippen molar-refractivity contribution in [2.24, 2.45) is 17.8 Å². The fourth-order valence-electron chi connectivity index (χ4n) is 4.60. The monoisotopic (exact) mass is 389 g/mol. The maximum absolute atomic E-state index is 12.7. The number of unbranched alkanes of at least 4 members (excludes halogenated alkanes) is 1. The van der Waals surface area contributed by atoms with Gasteiger partial charge in [0.15, 0.2) is 5.83 Å². The summed E-state index contributed by atoms with van der Waals surface area (Å²) >= 11 is 0. The van der Waals surface area contributed by atoms with E-state index in [0.717, 1.165) is 57.3 Å². The van der Waals surface area contributed by atoms with Crippen LogP contribution in [0.4, 0.5) is 4.39 Å². The molecule has 0 heterocycles. The molecule has 2 aliphatic carbocycles. The Kier molecular flexibility index (Phi) is 10.3. The van der Waals surface area contributed by atoms with E-state index in [4.69, 9.17) is 10.00 Å². The molecule has 0 radical (unpaired) electrons. The summed E-state index contributed by atoms with van der Waals surface area (Å²) < 4.78 is 18.5. The summed E-state index contributed by atoms with van der Waals surface area (Å²) in [5, 5.41) is 8.35. The van der Waals surface area contributed by atoms with Gasteiger partial charge in [0.25, 0.3) is 0 Å². The predicted octanol–water partition coefficient (Wildman–Crippen LogP) is 6.80. The van der Waals surface area contributed by atoms with Crippen molar-refractivity contribution in [2.45, 2.75) is 96.5 Å². The summed E-state index contributed by atoms with van der Waals surface area (Å²) in [6, 6.07) is 1.46. The number of rotatable bonds is 9. The second-order valence-electron chi connectivity index (χ2n) is 8.57. The number of hydrogen-bond donors (Lipinski definition) is 0. The van der Waals surface area contributed by atoms with Gasteiger partial charge in [-0.15, -0.1) is 0 Å². The minimum atomic E-state index is -0.756. The highest BCUT2D eigenvalue weighted by molar-refractivity contribution is 5.72. The summed E-state index contributed by atoms with van der Waals surface area (Å²) in [6.45, 7) is 2.24. The number of nitrogens with zero attached hydrogens (tertiary/aromatic N) is 1. The van der Waals surface area contributed by atoms with Gasteiger partial charge in [0.05, 0.1) is 5.92 Å². The minimum absolute atomic E-state index is 0.0478. The van der Waals surface area contributed by atoms with Gasteiger partial charge < -0.3 is 4.74 Å². The number of esters is 1. The molecule has 0 saturated heterocycles. The molecule has 0 aromatic heterocycles. The van der Waals surface area contributed by atoms with Crippen LogP contribution < -0.4 is 0 Å². The van der Waals surface area contributed by atoms with Crippen LogP contribution in [0.15, 0.2) is 24.1 Å². The van der Waals surface area contributed by atoms with Crippen molar-refractivity contribution in [1.82, 2.24) is 0 Å². The molecule has 0 atom stereocenters. The highest BCUT2D eigenvalue weighted by atomic mass is 19.1. The van der Waals surface area contributed by atoms with Crippen molar-refractivity contribution in [2.75, 3.05) is 0 Å². The molecule has 0 amide bonds. The lowest BCUT2D eigenvalue weighted by molar-refractivity contribution is -0.157. The smallest absolute Gasteiger partial charge is 0.309 e. The SMILES string of the molecule is CCCCC1CCC(C(=O)OC2CCC(CC/C=C/C=C(F)C#N)CC2)CC1. The summed E-state index contributed by atoms with van der Waals surface area (Å²) in [7, 11) is 0. The second-order valence-corrected chi connectivity index (χ2v) is 8.57.